The maximum atomic E-state index is 12.0. The minimum absolute atomic E-state index is 0.136. The van der Waals surface area contributed by atoms with Crippen LogP contribution in [-0.4, -0.2) is 18.5 Å². The molecule has 23 heavy (non-hydrogen) atoms. The summed E-state index contributed by atoms with van der Waals surface area (Å²) in [6.07, 6.45) is 0. The van der Waals surface area contributed by atoms with Crippen molar-refractivity contribution in [1.82, 2.24) is 0 Å². The van der Waals surface area contributed by atoms with Crippen LogP contribution in [0.15, 0.2) is 36.4 Å². The lowest BCUT2D eigenvalue weighted by Crippen LogP contribution is -2.21. The summed E-state index contributed by atoms with van der Waals surface area (Å²) < 4.78 is 4.98. The van der Waals surface area contributed by atoms with Gasteiger partial charge in [-0.2, -0.15) is 0 Å². The average Bonchev–Trinajstić information content (AvgIpc) is 2.52. The first kappa shape index (κ1) is 16.8. The molecule has 0 saturated carbocycles. The van der Waals surface area contributed by atoms with Crippen LogP contribution in [0.25, 0.3) is 0 Å². The number of nitrogen functional groups attached to an aromatic ring is 1. The summed E-state index contributed by atoms with van der Waals surface area (Å²) >= 11 is 5.82. The molecule has 2 rings (SSSR count). The van der Waals surface area contributed by atoms with Crippen LogP contribution in [0.2, 0.25) is 5.02 Å². The van der Waals surface area contributed by atoms with Gasteiger partial charge in [-0.25, -0.2) is 4.79 Å². The molecule has 6 heteroatoms. The molecule has 2 aromatic rings. The molecule has 0 radical (unpaired) electrons. The van der Waals surface area contributed by atoms with Gasteiger partial charge in [0.25, 0.3) is 5.91 Å². The Labute approximate surface area is 139 Å². The summed E-state index contributed by atoms with van der Waals surface area (Å²) in [5, 5.41) is 3.08. The van der Waals surface area contributed by atoms with E-state index in [1.807, 2.05) is 26.0 Å². The smallest absolute Gasteiger partial charge is 0.340 e. The maximum Gasteiger partial charge on any atom is 0.340 e. The van der Waals surface area contributed by atoms with Crippen molar-refractivity contribution in [2.75, 3.05) is 17.7 Å². The van der Waals surface area contributed by atoms with Gasteiger partial charge in [-0.05, 0) is 49.2 Å². The molecule has 0 bridgehead atoms. The van der Waals surface area contributed by atoms with E-state index in [0.29, 0.717) is 10.7 Å². The van der Waals surface area contributed by atoms with E-state index in [1.54, 1.807) is 12.1 Å². The molecule has 0 fully saturated rings. The number of aryl methyl sites for hydroxylation is 1. The van der Waals surface area contributed by atoms with Crippen molar-refractivity contribution in [3.8, 4) is 0 Å². The van der Waals surface area contributed by atoms with E-state index in [9.17, 15) is 9.59 Å². The van der Waals surface area contributed by atoms with Crippen molar-refractivity contribution in [1.29, 1.82) is 0 Å². The van der Waals surface area contributed by atoms with E-state index in [4.69, 9.17) is 22.1 Å². The number of nitrogens with one attached hydrogen (secondary N) is 1. The van der Waals surface area contributed by atoms with Crippen molar-refractivity contribution < 1.29 is 14.3 Å². The van der Waals surface area contributed by atoms with Gasteiger partial charge in [-0.15, -0.1) is 0 Å². The predicted molar refractivity (Wildman–Crippen MR) is 90.7 cm³/mol. The zero-order valence-corrected chi connectivity index (χ0v) is 13.6. The van der Waals surface area contributed by atoms with Crippen LogP contribution >= 0.6 is 11.6 Å². The lowest BCUT2D eigenvalue weighted by molar-refractivity contribution is -0.119. The molecule has 0 heterocycles. The molecule has 0 spiro atoms. The summed E-state index contributed by atoms with van der Waals surface area (Å²) in [6, 6.07) is 10.1. The van der Waals surface area contributed by atoms with Crippen molar-refractivity contribution in [2.24, 2.45) is 0 Å². The molecule has 1 amide bonds. The number of amides is 1. The van der Waals surface area contributed by atoms with E-state index in [2.05, 4.69) is 5.32 Å². The van der Waals surface area contributed by atoms with E-state index in [1.165, 1.54) is 12.1 Å². The van der Waals surface area contributed by atoms with Crippen LogP contribution in [0.5, 0.6) is 0 Å². The quantitative estimate of drug-likeness (QED) is 0.664. The molecule has 0 aliphatic heterocycles. The Morgan fingerprint density at radius 2 is 1.96 bits per heavy atom. The van der Waals surface area contributed by atoms with Crippen LogP contribution in [0, 0.1) is 13.8 Å². The van der Waals surface area contributed by atoms with Crippen molar-refractivity contribution in [2.45, 2.75) is 13.8 Å². The first-order valence-corrected chi connectivity index (χ1v) is 7.34. The molecular weight excluding hydrogens is 316 g/mol. The number of carbonyl (C=O) groups excluding carboxylic acids is 2. The number of nitrogens with two attached hydrogens (primary N) is 1. The number of ether oxygens (including phenoxy) is 1. The Morgan fingerprint density at radius 3 is 2.70 bits per heavy atom. The zero-order chi connectivity index (χ0) is 17.0. The number of halogens is 1. The fourth-order valence-corrected chi connectivity index (χ4v) is 2.16. The second kappa shape index (κ2) is 7.15. The second-order valence-corrected chi connectivity index (χ2v) is 5.54. The summed E-state index contributed by atoms with van der Waals surface area (Å²) in [7, 11) is 0. The molecule has 0 aliphatic carbocycles. The Morgan fingerprint density at radius 1 is 1.22 bits per heavy atom. The lowest BCUT2D eigenvalue weighted by atomic mass is 10.1. The molecular formula is C17H17ClN2O3. The van der Waals surface area contributed by atoms with Crippen molar-refractivity contribution in [3.63, 3.8) is 0 Å². The Balaban J connectivity index is 1.98. The molecule has 0 saturated heterocycles. The molecule has 5 nitrogen and oxygen atoms in total. The minimum Gasteiger partial charge on any atom is -0.452 e. The Hall–Kier alpha value is -2.53. The van der Waals surface area contributed by atoms with Gasteiger partial charge in [0.1, 0.15) is 0 Å². The van der Waals surface area contributed by atoms with Crippen LogP contribution in [-0.2, 0) is 9.53 Å². The lowest BCUT2D eigenvalue weighted by Gasteiger charge is -2.11. The van der Waals surface area contributed by atoms with E-state index < -0.39 is 18.5 Å². The van der Waals surface area contributed by atoms with Crippen LogP contribution in [0.4, 0.5) is 11.4 Å². The highest BCUT2D eigenvalue weighted by Gasteiger charge is 2.14. The number of hydrogen-bond donors (Lipinski definition) is 2. The number of hydrogen-bond acceptors (Lipinski definition) is 4. The Kier molecular flexibility index (Phi) is 5.24. The van der Waals surface area contributed by atoms with E-state index in [-0.39, 0.29) is 11.3 Å². The highest BCUT2D eigenvalue weighted by atomic mass is 35.5. The fraction of sp³-hybridized carbons (Fsp3) is 0.176. The predicted octanol–water partition coefficient (Wildman–Crippen LogP) is 3.33. The van der Waals surface area contributed by atoms with Gasteiger partial charge in [0.15, 0.2) is 6.61 Å². The van der Waals surface area contributed by atoms with Crippen molar-refractivity contribution in [3.05, 3.63) is 58.1 Å². The summed E-state index contributed by atoms with van der Waals surface area (Å²) in [5.41, 5.74) is 8.79. The number of benzene rings is 2. The van der Waals surface area contributed by atoms with E-state index in [0.717, 1.165) is 11.1 Å². The SMILES string of the molecule is Cc1cccc(NC(=O)COC(=O)c2cc(Cl)ccc2N)c1C. The highest BCUT2D eigenvalue weighted by molar-refractivity contribution is 6.31. The topological polar surface area (TPSA) is 81.4 Å². The third kappa shape index (κ3) is 4.23. The highest BCUT2D eigenvalue weighted by Crippen LogP contribution is 2.19. The third-order valence-electron chi connectivity index (χ3n) is 3.45. The monoisotopic (exact) mass is 332 g/mol. The standard InChI is InChI=1S/C17H17ClN2O3/c1-10-4-3-5-15(11(10)2)20-16(21)9-23-17(22)13-8-12(18)6-7-14(13)19/h3-8H,9,19H2,1-2H3,(H,20,21). The fourth-order valence-electron chi connectivity index (χ4n) is 1.99. The Bertz CT molecular complexity index is 759. The van der Waals surface area contributed by atoms with Gasteiger partial charge in [0.2, 0.25) is 0 Å². The number of anilines is 2. The molecule has 0 unspecified atom stereocenters. The largest absolute Gasteiger partial charge is 0.452 e. The van der Waals surface area contributed by atoms with Gasteiger partial charge < -0.3 is 15.8 Å². The zero-order valence-electron chi connectivity index (χ0n) is 12.9. The number of rotatable bonds is 4. The number of carbonyl (C=O) groups is 2. The van der Waals surface area contributed by atoms with Gasteiger partial charge in [-0.1, -0.05) is 23.7 Å². The molecule has 0 aromatic heterocycles. The first-order valence-electron chi connectivity index (χ1n) is 6.96. The maximum absolute atomic E-state index is 12.0. The molecule has 0 aliphatic rings. The van der Waals surface area contributed by atoms with Gasteiger partial charge in [-0.3, -0.25) is 4.79 Å². The molecule has 0 atom stereocenters. The number of esters is 1. The first-order chi connectivity index (χ1) is 10.9. The summed E-state index contributed by atoms with van der Waals surface area (Å²) in [6.45, 7) is 3.45. The van der Waals surface area contributed by atoms with E-state index >= 15 is 0 Å². The van der Waals surface area contributed by atoms with Crippen LogP contribution < -0.4 is 11.1 Å². The second-order valence-electron chi connectivity index (χ2n) is 5.10. The third-order valence-corrected chi connectivity index (χ3v) is 3.68. The minimum atomic E-state index is -0.693. The molecule has 2 aromatic carbocycles. The normalized spacial score (nSPS) is 10.2. The van der Waals surface area contributed by atoms with Crippen LogP contribution in [0.3, 0.4) is 0 Å². The molecule has 3 N–H and O–H groups in total. The van der Waals surface area contributed by atoms with Gasteiger partial charge in [0.05, 0.1) is 5.56 Å². The van der Waals surface area contributed by atoms with Crippen LogP contribution in [0.1, 0.15) is 21.5 Å². The summed E-state index contributed by atoms with van der Waals surface area (Å²) in [5.74, 6) is -1.12. The van der Waals surface area contributed by atoms with Crippen molar-refractivity contribution >= 4 is 34.9 Å². The van der Waals surface area contributed by atoms with Gasteiger partial charge in [0, 0.05) is 16.4 Å². The molecule has 120 valence electrons. The summed E-state index contributed by atoms with van der Waals surface area (Å²) in [4.78, 5) is 23.9. The van der Waals surface area contributed by atoms with Gasteiger partial charge >= 0.3 is 5.97 Å². The average molecular weight is 333 g/mol.